The number of carbonyl (C=O) groups excluding carboxylic acids is 2. The summed E-state index contributed by atoms with van der Waals surface area (Å²) >= 11 is 7.21. The molecule has 0 aliphatic carbocycles. The standard InChI is InChI=1S/C20H21ClN2O4S2/c1-13(10-19(24)22-9-8-14-2-4-15(21)5-3-14)29(26,27)16-6-7-18-17(11-16)23-20(25)12-28-18/h2-7,11,13H,8-10,12H2,1H3,(H,22,24)(H,23,25)/t13-/m0/s1. The predicted octanol–water partition coefficient (Wildman–Crippen LogP) is 3.30. The molecule has 29 heavy (non-hydrogen) atoms. The highest BCUT2D eigenvalue weighted by Crippen LogP contribution is 2.34. The second-order valence-electron chi connectivity index (χ2n) is 6.78. The van der Waals surface area contributed by atoms with Crippen molar-refractivity contribution < 1.29 is 18.0 Å². The van der Waals surface area contributed by atoms with Gasteiger partial charge in [0.05, 0.1) is 21.6 Å². The zero-order valence-corrected chi connectivity index (χ0v) is 18.2. The second-order valence-corrected chi connectivity index (χ2v) is 10.6. The van der Waals surface area contributed by atoms with Crippen molar-refractivity contribution in [2.24, 2.45) is 0 Å². The molecule has 0 unspecified atom stereocenters. The Morgan fingerprint density at radius 3 is 2.69 bits per heavy atom. The molecule has 2 aromatic rings. The number of carbonyl (C=O) groups is 2. The number of benzene rings is 2. The van der Waals surface area contributed by atoms with E-state index in [0.717, 1.165) is 10.5 Å². The van der Waals surface area contributed by atoms with E-state index in [1.807, 2.05) is 12.1 Å². The first-order chi connectivity index (χ1) is 13.8. The summed E-state index contributed by atoms with van der Waals surface area (Å²) in [4.78, 5) is 24.7. The number of anilines is 1. The van der Waals surface area contributed by atoms with Gasteiger partial charge in [0.25, 0.3) is 0 Å². The average molecular weight is 453 g/mol. The molecule has 1 atom stereocenters. The van der Waals surface area contributed by atoms with Gasteiger partial charge in [-0.1, -0.05) is 23.7 Å². The fraction of sp³-hybridized carbons (Fsp3) is 0.300. The molecule has 0 spiro atoms. The number of sulfone groups is 1. The molecule has 0 saturated heterocycles. The van der Waals surface area contributed by atoms with Crippen LogP contribution in [0.4, 0.5) is 5.69 Å². The van der Waals surface area contributed by atoms with Gasteiger partial charge in [0.2, 0.25) is 11.8 Å². The number of rotatable bonds is 7. The van der Waals surface area contributed by atoms with Crippen LogP contribution in [0.1, 0.15) is 18.9 Å². The van der Waals surface area contributed by atoms with Gasteiger partial charge in [-0.15, -0.1) is 11.8 Å². The van der Waals surface area contributed by atoms with Crippen molar-refractivity contribution in [2.45, 2.75) is 34.8 Å². The van der Waals surface area contributed by atoms with Crippen molar-refractivity contribution in [1.29, 1.82) is 0 Å². The Morgan fingerprint density at radius 1 is 1.24 bits per heavy atom. The lowest BCUT2D eigenvalue weighted by atomic mass is 10.1. The summed E-state index contributed by atoms with van der Waals surface area (Å²) in [7, 11) is -3.70. The Labute approximate surface area is 179 Å². The monoisotopic (exact) mass is 452 g/mol. The summed E-state index contributed by atoms with van der Waals surface area (Å²) in [6.07, 6.45) is 0.493. The number of hydrogen-bond donors (Lipinski definition) is 2. The van der Waals surface area contributed by atoms with E-state index in [9.17, 15) is 18.0 Å². The lowest BCUT2D eigenvalue weighted by molar-refractivity contribution is -0.121. The number of amides is 2. The van der Waals surface area contributed by atoms with Crippen molar-refractivity contribution in [3.05, 3.63) is 53.1 Å². The van der Waals surface area contributed by atoms with Gasteiger partial charge >= 0.3 is 0 Å². The van der Waals surface area contributed by atoms with Crippen LogP contribution >= 0.6 is 23.4 Å². The fourth-order valence-corrected chi connectivity index (χ4v) is 5.20. The smallest absolute Gasteiger partial charge is 0.234 e. The maximum atomic E-state index is 12.9. The van der Waals surface area contributed by atoms with E-state index in [4.69, 9.17) is 11.6 Å². The van der Waals surface area contributed by atoms with Crippen LogP contribution < -0.4 is 10.6 Å². The van der Waals surface area contributed by atoms with Gasteiger partial charge in [-0.05, 0) is 49.2 Å². The van der Waals surface area contributed by atoms with Crippen LogP contribution in [0.15, 0.2) is 52.3 Å². The van der Waals surface area contributed by atoms with Crippen LogP contribution in [-0.2, 0) is 25.8 Å². The van der Waals surface area contributed by atoms with Crippen LogP contribution in [-0.4, -0.2) is 37.8 Å². The number of hydrogen-bond acceptors (Lipinski definition) is 5. The Bertz CT molecular complexity index is 1020. The minimum atomic E-state index is -3.70. The van der Waals surface area contributed by atoms with Gasteiger partial charge < -0.3 is 10.6 Å². The molecule has 2 N–H and O–H groups in total. The van der Waals surface area contributed by atoms with E-state index in [1.165, 1.54) is 30.8 Å². The summed E-state index contributed by atoms with van der Waals surface area (Å²) in [6, 6.07) is 12.0. The Morgan fingerprint density at radius 2 is 1.97 bits per heavy atom. The van der Waals surface area contributed by atoms with E-state index in [-0.39, 0.29) is 23.1 Å². The minimum absolute atomic E-state index is 0.0977. The van der Waals surface area contributed by atoms with Crippen molar-refractivity contribution in [2.75, 3.05) is 17.6 Å². The average Bonchev–Trinajstić information content (AvgIpc) is 2.68. The molecule has 154 valence electrons. The largest absolute Gasteiger partial charge is 0.356 e. The first-order valence-electron chi connectivity index (χ1n) is 9.07. The quantitative estimate of drug-likeness (QED) is 0.672. The summed E-state index contributed by atoms with van der Waals surface area (Å²) < 4.78 is 25.7. The van der Waals surface area contributed by atoms with Crippen LogP contribution in [0.5, 0.6) is 0 Å². The molecule has 0 aromatic heterocycles. The van der Waals surface area contributed by atoms with E-state index in [2.05, 4.69) is 10.6 Å². The molecule has 0 saturated carbocycles. The highest BCUT2D eigenvalue weighted by Gasteiger charge is 2.27. The first-order valence-corrected chi connectivity index (χ1v) is 12.0. The van der Waals surface area contributed by atoms with Gasteiger partial charge in [0.1, 0.15) is 0 Å². The van der Waals surface area contributed by atoms with Crippen LogP contribution in [0.3, 0.4) is 0 Å². The number of thioether (sulfide) groups is 1. The van der Waals surface area contributed by atoms with Crippen molar-refractivity contribution in [1.82, 2.24) is 5.32 Å². The Kier molecular flexibility index (Phi) is 6.87. The summed E-state index contributed by atoms with van der Waals surface area (Å²) in [6.45, 7) is 1.93. The third-order valence-corrected chi connectivity index (χ3v) is 8.03. The van der Waals surface area contributed by atoms with Gasteiger partial charge in [-0.3, -0.25) is 9.59 Å². The summed E-state index contributed by atoms with van der Waals surface area (Å²) in [5.74, 6) is -0.173. The number of nitrogens with one attached hydrogen (secondary N) is 2. The number of fused-ring (bicyclic) bond motifs is 1. The van der Waals surface area contributed by atoms with E-state index in [0.29, 0.717) is 29.4 Å². The highest BCUT2D eigenvalue weighted by molar-refractivity contribution is 8.00. The molecule has 9 heteroatoms. The molecular formula is C20H21ClN2O4S2. The van der Waals surface area contributed by atoms with Crippen LogP contribution in [0.25, 0.3) is 0 Å². The molecule has 0 fully saturated rings. The molecule has 6 nitrogen and oxygen atoms in total. The topological polar surface area (TPSA) is 92.3 Å². The van der Waals surface area contributed by atoms with Crippen molar-refractivity contribution in [3.8, 4) is 0 Å². The van der Waals surface area contributed by atoms with Gasteiger partial charge in [0.15, 0.2) is 9.84 Å². The molecule has 1 aliphatic rings. The molecule has 1 aliphatic heterocycles. The second kappa shape index (κ2) is 9.19. The normalized spacial score (nSPS) is 14.6. The Balaban J connectivity index is 1.58. The summed E-state index contributed by atoms with van der Waals surface area (Å²) in [5, 5.41) is 5.21. The van der Waals surface area contributed by atoms with Crippen molar-refractivity contribution >= 4 is 50.7 Å². The van der Waals surface area contributed by atoms with E-state index in [1.54, 1.807) is 18.2 Å². The lowest BCUT2D eigenvalue weighted by Crippen LogP contribution is -2.31. The molecule has 0 radical (unpaired) electrons. The molecule has 2 aromatic carbocycles. The maximum Gasteiger partial charge on any atom is 0.234 e. The molecule has 0 bridgehead atoms. The van der Waals surface area contributed by atoms with Gasteiger partial charge in [0, 0.05) is 22.9 Å². The predicted molar refractivity (Wildman–Crippen MR) is 115 cm³/mol. The van der Waals surface area contributed by atoms with Crippen LogP contribution in [0, 0.1) is 0 Å². The molecular weight excluding hydrogens is 432 g/mol. The van der Waals surface area contributed by atoms with Crippen LogP contribution in [0.2, 0.25) is 5.02 Å². The van der Waals surface area contributed by atoms with Gasteiger partial charge in [-0.25, -0.2) is 8.42 Å². The number of halogens is 1. The minimum Gasteiger partial charge on any atom is -0.356 e. The zero-order valence-electron chi connectivity index (χ0n) is 15.8. The van der Waals surface area contributed by atoms with Gasteiger partial charge in [-0.2, -0.15) is 0 Å². The SMILES string of the molecule is C[C@@H](CC(=O)NCCc1ccc(Cl)cc1)S(=O)(=O)c1ccc2c(c1)NC(=O)CS2. The van der Waals surface area contributed by atoms with Crippen molar-refractivity contribution in [3.63, 3.8) is 0 Å². The molecule has 3 rings (SSSR count). The maximum absolute atomic E-state index is 12.9. The zero-order chi connectivity index (χ0) is 21.0. The molecule has 1 heterocycles. The third kappa shape index (κ3) is 5.52. The summed E-state index contributed by atoms with van der Waals surface area (Å²) in [5.41, 5.74) is 1.52. The fourth-order valence-electron chi connectivity index (χ4n) is 2.91. The first kappa shape index (κ1) is 21.7. The highest BCUT2D eigenvalue weighted by atomic mass is 35.5. The lowest BCUT2D eigenvalue weighted by Gasteiger charge is -2.18. The van der Waals surface area contributed by atoms with E-state index >= 15 is 0 Å². The third-order valence-electron chi connectivity index (χ3n) is 4.56. The van der Waals surface area contributed by atoms with E-state index < -0.39 is 15.1 Å². The molecule has 2 amide bonds. The Hall–Kier alpha value is -2.03.